The van der Waals surface area contributed by atoms with Crippen LogP contribution in [0.25, 0.3) is 0 Å². The van der Waals surface area contributed by atoms with Crippen LogP contribution in [0.2, 0.25) is 0 Å². The van der Waals surface area contributed by atoms with Crippen molar-refractivity contribution >= 4 is 27.9 Å². The fourth-order valence-electron chi connectivity index (χ4n) is 3.28. The second kappa shape index (κ2) is 7.55. The number of anilines is 2. The van der Waals surface area contributed by atoms with Crippen molar-refractivity contribution < 1.29 is 19.0 Å². The number of ether oxygens (including phenoxy) is 3. The van der Waals surface area contributed by atoms with Crippen LogP contribution in [0.4, 0.5) is 10.7 Å². The van der Waals surface area contributed by atoms with Crippen LogP contribution in [-0.2, 0) is 11.2 Å². The normalized spacial score (nSPS) is 15.5. The van der Waals surface area contributed by atoms with Crippen molar-refractivity contribution in [1.29, 1.82) is 0 Å². The number of aryl methyl sites for hydroxylation is 1. The molecule has 0 atom stereocenters. The molecule has 0 fully saturated rings. The smallest absolute Gasteiger partial charge is 0.265 e. The van der Waals surface area contributed by atoms with Gasteiger partial charge in [-0.3, -0.25) is 4.79 Å². The average molecular weight is 374 g/mol. The molecule has 0 spiro atoms. The summed E-state index contributed by atoms with van der Waals surface area (Å²) < 4.78 is 15.9. The lowest BCUT2D eigenvalue weighted by atomic mass is 10.1. The van der Waals surface area contributed by atoms with Crippen LogP contribution >= 0.6 is 11.3 Å². The van der Waals surface area contributed by atoms with Crippen molar-refractivity contribution in [3.63, 3.8) is 0 Å². The fraction of sp³-hybridized carbons (Fsp3) is 0.421. The van der Waals surface area contributed by atoms with E-state index in [1.807, 2.05) is 18.2 Å². The van der Waals surface area contributed by atoms with E-state index in [1.54, 1.807) is 24.5 Å². The largest absolute Gasteiger partial charge is 0.454 e. The summed E-state index contributed by atoms with van der Waals surface area (Å²) in [5.74, 6) is 1.28. The van der Waals surface area contributed by atoms with Crippen LogP contribution in [0, 0.1) is 0 Å². The molecule has 1 N–H and O–H groups in total. The van der Waals surface area contributed by atoms with E-state index >= 15 is 0 Å². The molecule has 1 aromatic heterocycles. The van der Waals surface area contributed by atoms with Crippen LogP contribution in [0.1, 0.15) is 28.1 Å². The molecule has 6 nitrogen and oxygen atoms in total. The molecule has 0 aliphatic carbocycles. The van der Waals surface area contributed by atoms with Crippen molar-refractivity contribution in [2.75, 3.05) is 43.8 Å². The minimum absolute atomic E-state index is 0.0892. The lowest BCUT2D eigenvalue weighted by molar-refractivity contribution is 0.103. The Balaban J connectivity index is 1.51. The number of thiophene rings is 1. The summed E-state index contributed by atoms with van der Waals surface area (Å²) in [4.78, 5) is 15.8. The molecular weight excluding hydrogens is 352 g/mol. The molecule has 0 saturated heterocycles. The molecule has 138 valence electrons. The van der Waals surface area contributed by atoms with Crippen molar-refractivity contribution in [3.8, 4) is 11.5 Å². The molecule has 1 amide bonds. The third kappa shape index (κ3) is 3.50. The number of nitrogens with zero attached hydrogens (tertiary/aromatic N) is 1. The highest BCUT2D eigenvalue weighted by atomic mass is 32.1. The summed E-state index contributed by atoms with van der Waals surface area (Å²) in [6, 6.07) is 7.47. The van der Waals surface area contributed by atoms with Crippen molar-refractivity contribution in [2.24, 2.45) is 0 Å². The maximum atomic E-state index is 12.7. The Bertz CT molecular complexity index is 805. The van der Waals surface area contributed by atoms with Gasteiger partial charge in [0.15, 0.2) is 11.5 Å². The number of rotatable bonds is 5. The first-order chi connectivity index (χ1) is 12.7. The van der Waals surface area contributed by atoms with Gasteiger partial charge in [0.1, 0.15) is 0 Å². The number of hydrogen-bond donors (Lipinski definition) is 1. The molecular formula is C19H22N2O4S. The first-order valence-corrected chi connectivity index (χ1v) is 9.64. The van der Waals surface area contributed by atoms with Crippen molar-refractivity contribution in [2.45, 2.75) is 19.3 Å². The number of fused-ring (bicyclic) bond motifs is 2. The fourth-order valence-corrected chi connectivity index (χ4v) is 4.44. The Kier molecular flexibility index (Phi) is 4.99. The second-order valence-electron chi connectivity index (χ2n) is 6.40. The highest BCUT2D eigenvalue weighted by molar-refractivity contribution is 7.18. The summed E-state index contributed by atoms with van der Waals surface area (Å²) in [5.41, 5.74) is 1.97. The molecule has 7 heteroatoms. The van der Waals surface area contributed by atoms with Gasteiger partial charge in [-0.2, -0.15) is 0 Å². The Morgan fingerprint density at radius 1 is 1.27 bits per heavy atom. The monoisotopic (exact) mass is 374 g/mol. The predicted octanol–water partition coefficient (Wildman–Crippen LogP) is 3.52. The van der Waals surface area contributed by atoms with E-state index < -0.39 is 0 Å². The van der Waals surface area contributed by atoms with Gasteiger partial charge in [0.05, 0.1) is 16.5 Å². The maximum Gasteiger partial charge on any atom is 0.265 e. The van der Waals surface area contributed by atoms with Crippen LogP contribution in [0.5, 0.6) is 11.5 Å². The Morgan fingerprint density at radius 3 is 3.04 bits per heavy atom. The van der Waals surface area contributed by atoms with Gasteiger partial charge in [-0.15, -0.1) is 11.3 Å². The van der Waals surface area contributed by atoms with E-state index in [9.17, 15) is 4.79 Å². The zero-order valence-electron chi connectivity index (χ0n) is 14.7. The van der Waals surface area contributed by atoms with E-state index in [0.29, 0.717) is 23.8 Å². The number of carbonyl (C=O) groups is 1. The van der Waals surface area contributed by atoms with Crippen LogP contribution in [-0.4, -0.2) is 39.5 Å². The summed E-state index contributed by atoms with van der Waals surface area (Å²) in [6.45, 7) is 2.78. The zero-order chi connectivity index (χ0) is 17.9. The van der Waals surface area contributed by atoms with Crippen molar-refractivity contribution in [3.05, 3.63) is 34.7 Å². The number of benzene rings is 1. The predicted molar refractivity (Wildman–Crippen MR) is 102 cm³/mol. The topological polar surface area (TPSA) is 60.0 Å². The highest BCUT2D eigenvalue weighted by Crippen LogP contribution is 2.37. The number of methoxy groups -OCH3 is 1. The van der Waals surface area contributed by atoms with Crippen LogP contribution in [0.15, 0.2) is 24.3 Å². The van der Waals surface area contributed by atoms with Crippen molar-refractivity contribution in [1.82, 2.24) is 0 Å². The summed E-state index contributed by atoms with van der Waals surface area (Å²) in [6.07, 6.45) is 3.34. The lowest BCUT2D eigenvalue weighted by Crippen LogP contribution is -2.27. The number of nitrogens with one attached hydrogen (secondary N) is 1. The van der Waals surface area contributed by atoms with Gasteiger partial charge in [0.25, 0.3) is 5.91 Å². The van der Waals surface area contributed by atoms with Gasteiger partial charge in [-0.05, 0) is 43.0 Å². The molecule has 2 aromatic rings. The summed E-state index contributed by atoms with van der Waals surface area (Å²) in [5, 5.41) is 4.17. The molecule has 4 rings (SSSR count). The van der Waals surface area contributed by atoms with Gasteiger partial charge in [0, 0.05) is 32.0 Å². The molecule has 0 bridgehead atoms. The third-order valence-corrected chi connectivity index (χ3v) is 5.85. The Morgan fingerprint density at radius 2 is 2.15 bits per heavy atom. The van der Waals surface area contributed by atoms with E-state index in [0.717, 1.165) is 30.8 Å². The SMILES string of the molecule is COCCN1CCCCc2cc(C(=O)Nc3ccc4c(c3)OCO4)sc21. The van der Waals surface area contributed by atoms with E-state index in [2.05, 4.69) is 10.2 Å². The molecule has 0 unspecified atom stereocenters. The van der Waals surface area contributed by atoms with Crippen LogP contribution in [0.3, 0.4) is 0 Å². The average Bonchev–Trinajstić information content (AvgIpc) is 3.24. The molecule has 0 saturated carbocycles. The van der Waals surface area contributed by atoms with Gasteiger partial charge in [0.2, 0.25) is 6.79 Å². The third-order valence-electron chi connectivity index (χ3n) is 4.62. The van der Waals surface area contributed by atoms with E-state index in [1.165, 1.54) is 17.0 Å². The Hall–Kier alpha value is -2.25. The Labute approximate surface area is 156 Å². The molecule has 26 heavy (non-hydrogen) atoms. The first-order valence-electron chi connectivity index (χ1n) is 8.82. The number of hydrogen-bond acceptors (Lipinski definition) is 6. The molecule has 3 heterocycles. The number of carbonyl (C=O) groups excluding carboxylic acids is 1. The quantitative estimate of drug-likeness (QED) is 0.868. The second-order valence-corrected chi connectivity index (χ2v) is 7.43. The molecule has 2 aliphatic rings. The highest BCUT2D eigenvalue weighted by Gasteiger charge is 2.22. The van der Waals surface area contributed by atoms with E-state index in [4.69, 9.17) is 14.2 Å². The zero-order valence-corrected chi connectivity index (χ0v) is 15.6. The van der Waals surface area contributed by atoms with Gasteiger partial charge in [-0.25, -0.2) is 0 Å². The number of amides is 1. The molecule has 1 aromatic carbocycles. The minimum atomic E-state index is -0.0892. The maximum absolute atomic E-state index is 12.7. The minimum Gasteiger partial charge on any atom is -0.454 e. The summed E-state index contributed by atoms with van der Waals surface area (Å²) in [7, 11) is 1.72. The van der Waals surface area contributed by atoms with Gasteiger partial charge >= 0.3 is 0 Å². The van der Waals surface area contributed by atoms with Gasteiger partial charge in [-0.1, -0.05) is 0 Å². The van der Waals surface area contributed by atoms with Crippen LogP contribution < -0.4 is 19.7 Å². The molecule has 0 radical (unpaired) electrons. The van der Waals surface area contributed by atoms with Gasteiger partial charge < -0.3 is 24.4 Å². The first kappa shape index (κ1) is 17.2. The standard InChI is InChI=1S/C19H22N2O4S/c1-23-9-8-21-7-3-2-4-13-10-17(26-19(13)21)18(22)20-14-5-6-15-16(11-14)25-12-24-15/h5-6,10-11H,2-4,7-9,12H2,1H3,(H,20,22). The lowest BCUT2D eigenvalue weighted by Gasteiger charge is -2.21. The molecule has 2 aliphatic heterocycles. The summed E-state index contributed by atoms with van der Waals surface area (Å²) >= 11 is 1.56. The van der Waals surface area contributed by atoms with E-state index in [-0.39, 0.29) is 12.7 Å².